The molecule has 0 spiro atoms. The molecule has 5 rings (SSSR count). The largest absolute Gasteiger partial charge is 0.497 e. The van der Waals surface area contributed by atoms with Crippen molar-refractivity contribution in [2.75, 3.05) is 27.3 Å². The Hall–Kier alpha value is -1.88. The van der Waals surface area contributed by atoms with Crippen LogP contribution in [-0.2, 0) is 17.8 Å². The summed E-state index contributed by atoms with van der Waals surface area (Å²) in [5.41, 5.74) is 2.75. The topological polar surface area (TPSA) is 24.9 Å². The molecule has 0 saturated carbocycles. The lowest BCUT2D eigenvalue weighted by molar-refractivity contribution is -0.0728. The number of piperazine rings is 1. The van der Waals surface area contributed by atoms with Crippen LogP contribution in [0.5, 0.6) is 5.75 Å². The second-order valence-corrected chi connectivity index (χ2v) is 8.12. The fourth-order valence-electron chi connectivity index (χ4n) is 4.83. The molecule has 3 atom stereocenters. The van der Waals surface area contributed by atoms with Gasteiger partial charge in [-0.05, 0) is 42.5 Å². The molecule has 2 bridgehead atoms. The zero-order valence-corrected chi connectivity index (χ0v) is 17.1. The average Bonchev–Trinajstić information content (AvgIpc) is 2.72. The van der Waals surface area contributed by atoms with Gasteiger partial charge in [0, 0.05) is 45.4 Å². The smallest absolute Gasteiger partial charge is 0.118 e. The van der Waals surface area contributed by atoms with Gasteiger partial charge in [0.1, 0.15) is 5.75 Å². The predicted molar refractivity (Wildman–Crippen MR) is 112 cm³/mol. The second kappa shape index (κ2) is 9.08. The van der Waals surface area contributed by atoms with Gasteiger partial charge in [-0.2, -0.15) is 0 Å². The summed E-state index contributed by atoms with van der Waals surface area (Å²) in [6.07, 6.45) is 3.97. The van der Waals surface area contributed by atoms with E-state index in [0.29, 0.717) is 18.2 Å². The Labute approximate surface area is 169 Å². The number of hydrogen-bond acceptors (Lipinski definition) is 4. The summed E-state index contributed by atoms with van der Waals surface area (Å²) in [6, 6.07) is 20.4. The Morgan fingerprint density at radius 2 is 1.54 bits per heavy atom. The van der Waals surface area contributed by atoms with E-state index in [4.69, 9.17) is 9.47 Å². The van der Waals surface area contributed by atoms with E-state index in [1.807, 2.05) is 7.11 Å². The van der Waals surface area contributed by atoms with Crippen LogP contribution in [0.15, 0.2) is 54.6 Å². The molecule has 3 fully saturated rings. The van der Waals surface area contributed by atoms with Crippen molar-refractivity contribution in [2.24, 2.45) is 0 Å². The molecule has 0 aromatic heterocycles. The van der Waals surface area contributed by atoms with E-state index in [1.165, 1.54) is 24.0 Å². The van der Waals surface area contributed by atoms with E-state index in [1.54, 1.807) is 7.11 Å². The van der Waals surface area contributed by atoms with E-state index < -0.39 is 0 Å². The standard InChI is InChI=1S/C24H32N2O2/c1-27-22-13-11-20(12-14-22)16-26-17-21-9-6-10-24(28-2)23(26)18-25(21)15-19-7-4-3-5-8-19/h3-5,7-8,11-14,21,23-24H,6,9-10,15-18H2,1-2H3/t21-,23+,24+/m0/s1. The molecule has 2 aromatic rings. The highest BCUT2D eigenvalue weighted by Gasteiger charge is 2.39. The van der Waals surface area contributed by atoms with E-state index in [0.717, 1.165) is 38.3 Å². The normalized spacial score (nSPS) is 26.0. The number of fused-ring (bicyclic) bond motifs is 5. The van der Waals surface area contributed by atoms with E-state index in [-0.39, 0.29) is 0 Å². The Morgan fingerprint density at radius 1 is 0.821 bits per heavy atom. The minimum absolute atomic E-state index is 0.303. The molecule has 3 heterocycles. The zero-order chi connectivity index (χ0) is 19.3. The minimum Gasteiger partial charge on any atom is -0.497 e. The van der Waals surface area contributed by atoms with Crippen molar-refractivity contribution in [1.29, 1.82) is 0 Å². The average molecular weight is 381 g/mol. The lowest BCUT2D eigenvalue weighted by Gasteiger charge is -2.50. The highest BCUT2D eigenvalue weighted by atomic mass is 16.5. The van der Waals surface area contributed by atoms with Crippen LogP contribution in [0.4, 0.5) is 0 Å². The molecular weight excluding hydrogens is 348 g/mol. The Kier molecular flexibility index (Phi) is 6.30. The first-order valence-electron chi connectivity index (χ1n) is 10.4. The molecule has 0 aliphatic carbocycles. The van der Waals surface area contributed by atoms with Crippen LogP contribution in [0.2, 0.25) is 0 Å². The summed E-state index contributed by atoms with van der Waals surface area (Å²) in [4.78, 5) is 5.34. The molecule has 2 aromatic carbocycles. The Morgan fingerprint density at radius 3 is 2.25 bits per heavy atom. The fraction of sp³-hybridized carbons (Fsp3) is 0.500. The molecule has 0 unspecified atom stereocenters. The van der Waals surface area contributed by atoms with Gasteiger partial charge < -0.3 is 9.47 Å². The van der Waals surface area contributed by atoms with Crippen LogP contribution in [0.3, 0.4) is 0 Å². The van der Waals surface area contributed by atoms with Gasteiger partial charge in [0.15, 0.2) is 0 Å². The van der Waals surface area contributed by atoms with Crippen molar-refractivity contribution in [1.82, 2.24) is 9.80 Å². The third-order valence-corrected chi connectivity index (χ3v) is 6.38. The van der Waals surface area contributed by atoms with Gasteiger partial charge >= 0.3 is 0 Å². The summed E-state index contributed by atoms with van der Waals surface area (Å²) in [5, 5.41) is 0. The molecule has 0 N–H and O–H groups in total. The first-order valence-corrected chi connectivity index (χ1v) is 10.4. The number of rotatable bonds is 6. The number of methoxy groups -OCH3 is 2. The van der Waals surface area contributed by atoms with E-state index in [9.17, 15) is 0 Å². The highest BCUT2D eigenvalue weighted by Crippen LogP contribution is 2.30. The first kappa shape index (κ1) is 19.4. The SMILES string of the molecule is COc1ccc(CN2C[C@@H]3CCC[C@@H](OC)[C@H]2CN3Cc2ccccc2)cc1. The van der Waals surface area contributed by atoms with Crippen LogP contribution in [0.25, 0.3) is 0 Å². The maximum absolute atomic E-state index is 5.97. The van der Waals surface area contributed by atoms with E-state index in [2.05, 4.69) is 64.4 Å². The van der Waals surface area contributed by atoms with Crippen molar-refractivity contribution >= 4 is 0 Å². The number of hydrogen-bond donors (Lipinski definition) is 0. The molecule has 4 heteroatoms. The van der Waals surface area contributed by atoms with Crippen molar-refractivity contribution in [3.63, 3.8) is 0 Å². The molecular formula is C24H32N2O2. The van der Waals surface area contributed by atoms with Crippen molar-refractivity contribution < 1.29 is 9.47 Å². The molecule has 0 amide bonds. The van der Waals surface area contributed by atoms with Crippen molar-refractivity contribution in [2.45, 2.75) is 50.5 Å². The monoisotopic (exact) mass is 380 g/mol. The summed E-state index contributed by atoms with van der Waals surface area (Å²) in [7, 11) is 3.60. The third kappa shape index (κ3) is 4.40. The van der Waals surface area contributed by atoms with Gasteiger partial charge in [-0.15, -0.1) is 0 Å². The quantitative estimate of drug-likeness (QED) is 0.758. The van der Waals surface area contributed by atoms with Gasteiger partial charge in [-0.3, -0.25) is 9.80 Å². The van der Waals surface area contributed by atoms with Crippen LogP contribution in [0, 0.1) is 0 Å². The van der Waals surface area contributed by atoms with Gasteiger partial charge in [0.2, 0.25) is 0 Å². The highest BCUT2D eigenvalue weighted by molar-refractivity contribution is 5.27. The van der Waals surface area contributed by atoms with Crippen LogP contribution >= 0.6 is 0 Å². The summed E-state index contributed by atoms with van der Waals surface area (Å²) in [6.45, 7) is 4.20. The lowest BCUT2D eigenvalue weighted by Crippen LogP contribution is -2.62. The third-order valence-electron chi connectivity index (χ3n) is 6.38. The van der Waals surface area contributed by atoms with Crippen molar-refractivity contribution in [3.8, 4) is 5.75 Å². The van der Waals surface area contributed by atoms with Crippen LogP contribution < -0.4 is 4.74 Å². The molecule has 0 radical (unpaired) electrons. The second-order valence-electron chi connectivity index (χ2n) is 8.12. The molecule has 4 nitrogen and oxygen atoms in total. The van der Waals surface area contributed by atoms with Crippen LogP contribution in [-0.4, -0.2) is 55.3 Å². The molecule has 3 aliphatic heterocycles. The zero-order valence-electron chi connectivity index (χ0n) is 17.1. The lowest BCUT2D eigenvalue weighted by atomic mass is 9.90. The van der Waals surface area contributed by atoms with E-state index >= 15 is 0 Å². The Balaban J connectivity index is 1.52. The molecule has 150 valence electrons. The van der Waals surface area contributed by atoms with Gasteiger partial charge in [0.05, 0.1) is 13.2 Å². The van der Waals surface area contributed by atoms with Gasteiger partial charge in [0.25, 0.3) is 0 Å². The number of nitrogens with zero attached hydrogens (tertiary/aromatic N) is 2. The molecule has 3 aliphatic rings. The summed E-state index contributed by atoms with van der Waals surface area (Å²) < 4.78 is 11.3. The molecule has 3 saturated heterocycles. The summed E-state index contributed by atoms with van der Waals surface area (Å²) in [5.74, 6) is 0.918. The van der Waals surface area contributed by atoms with Crippen molar-refractivity contribution in [3.05, 3.63) is 65.7 Å². The number of ether oxygens (including phenoxy) is 2. The van der Waals surface area contributed by atoms with Crippen LogP contribution in [0.1, 0.15) is 30.4 Å². The first-order chi connectivity index (χ1) is 13.8. The summed E-state index contributed by atoms with van der Waals surface area (Å²) >= 11 is 0. The number of benzene rings is 2. The maximum Gasteiger partial charge on any atom is 0.118 e. The fourth-order valence-corrected chi connectivity index (χ4v) is 4.83. The van der Waals surface area contributed by atoms with Gasteiger partial charge in [-0.25, -0.2) is 0 Å². The molecule has 28 heavy (non-hydrogen) atoms. The maximum atomic E-state index is 5.97. The Bertz CT molecular complexity index is 734. The predicted octanol–water partition coefficient (Wildman–Crippen LogP) is 3.95. The van der Waals surface area contributed by atoms with Gasteiger partial charge in [-0.1, -0.05) is 42.5 Å². The minimum atomic E-state index is 0.303.